The number of hydrogen-bond donors (Lipinski definition) is 4. The van der Waals surface area contributed by atoms with E-state index in [-0.39, 0.29) is 17.3 Å². The maximum Gasteiger partial charge on any atom is 0.573 e. The normalized spacial score (nSPS) is 11.4. The Balaban J connectivity index is 1.59. The van der Waals surface area contributed by atoms with E-state index in [1.54, 1.807) is 66.7 Å². The number of hydrogen-bond acceptors (Lipinski definition) is 6. The van der Waals surface area contributed by atoms with Gasteiger partial charge >= 0.3 is 12.4 Å². The molecule has 4 rings (SSSR count). The number of anilines is 2. The van der Waals surface area contributed by atoms with Gasteiger partial charge in [0.05, 0.1) is 17.1 Å². The van der Waals surface area contributed by atoms with Gasteiger partial charge < -0.3 is 15.8 Å². The van der Waals surface area contributed by atoms with Crippen molar-refractivity contribution in [1.29, 1.82) is 5.41 Å². The van der Waals surface area contributed by atoms with Crippen LogP contribution < -0.4 is 21.2 Å². The first-order valence-electron chi connectivity index (χ1n) is 12.3. The molecular formula is C29H26F3N5O4S. The van der Waals surface area contributed by atoms with Gasteiger partial charge in [0.1, 0.15) is 11.6 Å². The van der Waals surface area contributed by atoms with Gasteiger partial charge in [0.2, 0.25) is 0 Å². The summed E-state index contributed by atoms with van der Waals surface area (Å²) in [5, 5.41) is 11.5. The highest BCUT2D eigenvalue weighted by atomic mass is 32.2. The van der Waals surface area contributed by atoms with Crippen molar-refractivity contribution < 1.29 is 31.1 Å². The molecule has 0 aliphatic carbocycles. The molecule has 0 saturated carbocycles. The van der Waals surface area contributed by atoms with Crippen molar-refractivity contribution in [3.05, 3.63) is 108 Å². The third-order valence-electron chi connectivity index (χ3n) is 5.89. The Hall–Kier alpha value is -5.04. The van der Waals surface area contributed by atoms with Gasteiger partial charge in [-0.25, -0.2) is 18.2 Å². The number of benzene rings is 4. The monoisotopic (exact) mass is 597 g/mol. The van der Waals surface area contributed by atoms with Crippen molar-refractivity contribution in [3.63, 3.8) is 0 Å². The quantitative estimate of drug-likeness (QED) is 0.106. The van der Waals surface area contributed by atoms with E-state index in [1.165, 1.54) is 18.2 Å². The molecule has 0 aliphatic rings. The molecule has 0 bridgehead atoms. The Morgan fingerprint density at radius 1 is 0.929 bits per heavy atom. The van der Waals surface area contributed by atoms with Gasteiger partial charge in [-0.15, -0.1) is 13.2 Å². The SMILES string of the molecule is CS(=O)(=O)c1ccccc1-c1ccc(NC(=O)N(Cc2cccc(OC(F)(F)F)c2)Nc2cccc(C(=N)N)c2)cc1. The van der Waals surface area contributed by atoms with E-state index in [4.69, 9.17) is 11.1 Å². The summed E-state index contributed by atoms with van der Waals surface area (Å²) in [4.78, 5) is 13.6. The molecule has 0 aromatic heterocycles. The predicted octanol–water partition coefficient (Wildman–Crippen LogP) is 6.00. The van der Waals surface area contributed by atoms with Crippen molar-refractivity contribution in [3.8, 4) is 16.9 Å². The zero-order valence-electron chi connectivity index (χ0n) is 22.1. The summed E-state index contributed by atoms with van der Waals surface area (Å²) in [6.45, 7) is -0.176. The molecule has 4 aromatic carbocycles. The smallest absolute Gasteiger partial charge is 0.406 e. The lowest BCUT2D eigenvalue weighted by atomic mass is 10.1. The molecule has 4 aromatic rings. The largest absolute Gasteiger partial charge is 0.573 e. The second-order valence-corrected chi connectivity index (χ2v) is 11.1. The number of halogens is 3. The van der Waals surface area contributed by atoms with E-state index in [2.05, 4.69) is 15.5 Å². The molecule has 13 heteroatoms. The van der Waals surface area contributed by atoms with Crippen LogP contribution in [0.1, 0.15) is 11.1 Å². The molecule has 0 radical (unpaired) electrons. The van der Waals surface area contributed by atoms with E-state index in [0.29, 0.717) is 33.6 Å². The second kappa shape index (κ2) is 12.2. The number of nitrogens with zero attached hydrogens (tertiary/aromatic N) is 1. The number of nitrogens with one attached hydrogen (secondary N) is 3. The fraction of sp³-hybridized carbons (Fsp3) is 0.103. The summed E-state index contributed by atoms with van der Waals surface area (Å²) in [6, 6.07) is 24.0. The first kappa shape index (κ1) is 29.9. The van der Waals surface area contributed by atoms with Crippen LogP contribution in [0.2, 0.25) is 0 Å². The number of hydrazine groups is 1. The standard InChI is InChI=1S/C29H26F3N5O4S/c1-42(39,40)26-11-3-2-10-25(26)20-12-14-22(15-13-20)35-28(38)37(36-23-8-5-7-21(17-23)27(33)34)18-19-6-4-9-24(16-19)41-29(30,31)32/h2-17,36H,18H2,1H3,(H3,33,34)(H,35,38). The van der Waals surface area contributed by atoms with Crippen molar-refractivity contribution in [1.82, 2.24) is 5.01 Å². The molecule has 218 valence electrons. The molecule has 42 heavy (non-hydrogen) atoms. The van der Waals surface area contributed by atoms with Gasteiger partial charge in [0, 0.05) is 23.1 Å². The van der Waals surface area contributed by atoms with E-state index < -0.39 is 28.0 Å². The number of nitrogen functional groups attached to an aromatic ring is 1. The number of carbonyl (C=O) groups excluding carboxylic acids is 1. The number of rotatable bonds is 9. The molecule has 0 saturated heterocycles. The maximum atomic E-state index is 13.4. The number of amides is 2. The van der Waals surface area contributed by atoms with Crippen molar-refractivity contribution in [2.45, 2.75) is 17.8 Å². The molecule has 0 unspecified atom stereocenters. The Labute approximate surface area is 240 Å². The van der Waals surface area contributed by atoms with Crippen LogP contribution in [-0.2, 0) is 16.4 Å². The van der Waals surface area contributed by atoms with Crippen LogP contribution in [0, 0.1) is 5.41 Å². The number of nitrogens with two attached hydrogens (primary N) is 1. The first-order chi connectivity index (χ1) is 19.8. The number of amidine groups is 1. The molecule has 0 heterocycles. The van der Waals surface area contributed by atoms with Crippen LogP contribution >= 0.6 is 0 Å². The molecule has 0 atom stereocenters. The lowest BCUT2D eigenvalue weighted by Gasteiger charge is -2.25. The first-order valence-corrected chi connectivity index (χ1v) is 14.2. The fourth-order valence-corrected chi connectivity index (χ4v) is 4.96. The van der Waals surface area contributed by atoms with Gasteiger partial charge in [-0.2, -0.15) is 0 Å². The van der Waals surface area contributed by atoms with Gasteiger partial charge in [0.15, 0.2) is 9.84 Å². The minimum Gasteiger partial charge on any atom is -0.406 e. The molecule has 0 spiro atoms. The zero-order valence-corrected chi connectivity index (χ0v) is 23.0. The van der Waals surface area contributed by atoms with E-state index >= 15 is 0 Å². The van der Waals surface area contributed by atoms with Gasteiger partial charge in [-0.3, -0.25) is 10.8 Å². The van der Waals surface area contributed by atoms with Gasteiger partial charge in [-0.1, -0.05) is 54.6 Å². The van der Waals surface area contributed by atoms with Crippen LogP contribution in [0.3, 0.4) is 0 Å². The topological polar surface area (TPSA) is 138 Å². The van der Waals surface area contributed by atoms with Gasteiger partial charge in [0.25, 0.3) is 0 Å². The Kier molecular flexibility index (Phi) is 8.71. The molecule has 9 nitrogen and oxygen atoms in total. The molecule has 0 fully saturated rings. The average molecular weight is 598 g/mol. The van der Waals surface area contributed by atoms with E-state index in [1.807, 2.05) is 0 Å². The molecule has 5 N–H and O–H groups in total. The zero-order chi connectivity index (χ0) is 30.5. The number of sulfone groups is 1. The number of ether oxygens (including phenoxy) is 1. The van der Waals surface area contributed by atoms with Crippen LogP contribution in [0.15, 0.2) is 102 Å². The van der Waals surface area contributed by atoms with Gasteiger partial charge in [-0.05, 0) is 53.6 Å². The Morgan fingerprint density at radius 3 is 2.29 bits per heavy atom. The summed E-state index contributed by atoms with van der Waals surface area (Å²) in [5.41, 5.74) is 11.1. The molecule has 2 amide bonds. The van der Waals surface area contributed by atoms with Crippen LogP contribution in [-0.4, -0.2) is 37.9 Å². The summed E-state index contributed by atoms with van der Waals surface area (Å²) in [6.07, 6.45) is -3.76. The number of urea groups is 1. The van der Waals surface area contributed by atoms with Crippen molar-refractivity contribution in [2.24, 2.45) is 5.73 Å². The predicted molar refractivity (Wildman–Crippen MR) is 154 cm³/mol. The highest BCUT2D eigenvalue weighted by molar-refractivity contribution is 7.90. The second-order valence-electron chi connectivity index (χ2n) is 9.16. The van der Waals surface area contributed by atoms with E-state index in [9.17, 15) is 26.4 Å². The third-order valence-corrected chi connectivity index (χ3v) is 7.04. The number of alkyl halides is 3. The molecule has 0 aliphatic heterocycles. The summed E-state index contributed by atoms with van der Waals surface area (Å²) >= 11 is 0. The minimum atomic E-state index is -4.88. The lowest BCUT2D eigenvalue weighted by molar-refractivity contribution is -0.274. The molecular weight excluding hydrogens is 571 g/mol. The van der Waals surface area contributed by atoms with Crippen LogP contribution in [0.25, 0.3) is 11.1 Å². The summed E-state index contributed by atoms with van der Waals surface area (Å²) in [7, 11) is -3.48. The van der Waals surface area contributed by atoms with Crippen molar-refractivity contribution >= 4 is 33.1 Å². The Bertz CT molecular complexity index is 1710. The third kappa shape index (κ3) is 8.01. The fourth-order valence-electron chi connectivity index (χ4n) is 4.05. The highest BCUT2D eigenvalue weighted by Gasteiger charge is 2.31. The lowest BCUT2D eigenvalue weighted by Crippen LogP contribution is -2.39. The summed E-state index contributed by atoms with van der Waals surface area (Å²) in [5.74, 6) is -0.631. The van der Waals surface area contributed by atoms with Crippen molar-refractivity contribution in [2.75, 3.05) is 17.0 Å². The number of carbonyl (C=O) groups is 1. The average Bonchev–Trinajstić information content (AvgIpc) is 2.92. The minimum absolute atomic E-state index is 0.168. The Morgan fingerprint density at radius 2 is 1.62 bits per heavy atom. The van der Waals surface area contributed by atoms with Crippen LogP contribution in [0.5, 0.6) is 5.75 Å². The summed E-state index contributed by atoms with van der Waals surface area (Å²) < 4.78 is 66.7. The highest BCUT2D eigenvalue weighted by Crippen LogP contribution is 2.29. The van der Waals surface area contributed by atoms with Crippen LogP contribution in [0.4, 0.5) is 29.3 Å². The maximum absolute atomic E-state index is 13.4. The van der Waals surface area contributed by atoms with E-state index in [0.717, 1.165) is 23.4 Å².